The molecule has 0 aliphatic rings. The van der Waals surface area contributed by atoms with Crippen LogP contribution >= 0.6 is 56.1 Å². The second-order valence-electron chi connectivity index (χ2n) is 3.74. The van der Waals surface area contributed by atoms with Gasteiger partial charge in [-0.3, -0.25) is 4.79 Å². The van der Waals surface area contributed by atoms with Gasteiger partial charge in [-0.05, 0) is 52.3 Å². The van der Waals surface area contributed by atoms with E-state index in [1.54, 1.807) is 30.3 Å². The van der Waals surface area contributed by atoms with Crippen LogP contribution in [0.1, 0.15) is 10.4 Å². The standard InChI is InChI=1S/C13H8Br2ClNOS/c14-7-1-4-12(11(16)5-7)17-13(18)9-6-8(19)2-3-10(9)15/h1-6,19H,(H,17,18). The zero-order valence-corrected chi connectivity index (χ0v) is 14.3. The van der Waals surface area contributed by atoms with Crippen LogP contribution in [0.4, 0.5) is 5.69 Å². The van der Waals surface area contributed by atoms with E-state index in [1.165, 1.54) is 0 Å². The van der Waals surface area contributed by atoms with Crippen LogP contribution in [0.2, 0.25) is 5.02 Å². The molecule has 2 aromatic carbocycles. The molecule has 0 saturated carbocycles. The molecule has 2 nitrogen and oxygen atoms in total. The number of amides is 1. The van der Waals surface area contributed by atoms with E-state index in [0.717, 1.165) is 9.37 Å². The zero-order valence-electron chi connectivity index (χ0n) is 9.45. The maximum absolute atomic E-state index is 12.2. The number of nitrogens with one attached hydrogen (secondary N) is 1. The number of halogens is 3. The third-order valence-electron chi connectivity index (χ3n) is 2.37. The summed E-state index contributed by atoms with van der Waals surface area (Å²) in [5, 5.41) is 3.24. The van der Waals surface area contributed by atoms with Crippen molar-refractivity contribution in [3.8, 4) is 0 Å². The molecule has 0 heterocycles. The van der Waals surface area contributed by atoms with Crippen LogP contribution in [-0.2, 0) is 0 Å². The average molecular weight is 422 g/mol. The van der Waals surface area contributed by atoms with Crippen LogP contribution in [-0.4, -0.2) is 5.91 Å². The topological polar surface area (TPSA) is 29.1 Å². The summed E-state index contributed by atoms with van der Waals surface area (Å²) in [6.45, 7) is 0. The van der Waals surface area contributed by atoms with Gasteiger partial charge in [0.1, 0.15) is 0 Å². The lowest BCUT2D eigenvalue weighted by Crippen LogP contribution is -2.13. The van der Waals surface area contributed by atoms with Crippen molar-refractivity contribution >= 4 is 67.7 Å². The molecule has 0 fully saturated rings. The molecule has 0 aliphatic heterocycles. The number of benzene rings is 2. The summed E-state index contributed by atoms with van der Waals surface area (Å²) in [6.07, 6.45) is 0. The van der Waals surface area contributed by atoms with Gasteiger partial charge in [-0.25, -0.2) is 0 Å². The Morgan fingerprint density at radius 3 is 2.58 bits per heavy atom. The van der Waals surface area contributed by atoms with Gasteiger partial charge in [-0.1, -0.05) is 27.5 Å². The number of thiol groups is 1. The molecule has 0 radical (unpaired) electrons. The van der Waals surface area contributed by atoms with Crippen LogP contribution in [0.3, 0.4) is 0 Å². The van der Waals surface area contributed by atoms with E-state index >= 15 is 0 Å². The molecule has 98 valence electrons. The summed E-state index contributed by atoms with van der Waals surface area (Å²) in [7, 11) is 0. The largest absolute Gasteiger partial charge is 0.321 e. The Labute approximate surface area is 138 Å². The molecule has 1 N–H and O–H groups in total. The van der Waals surface area contributed by atoms with Gasteiger partial charge >= 0.3 is 0 Å². The fraction of sp³-hybridized carbons (Fsp3) is 0. The van der Waals surface area contributed by atoms with E-state index in [-0.39, 0.29) is 5.91 Å². The molecule has 0 spiro atoms. The molecule has 0 saturated heterocycles. The van der Waals surface area contributed by atoms with Crippen molar-refractivity contribution in [2.24, 2.45) is 0 Å². The Morgan fingerprint density at radius 2 is 1.89 bits per heavy atom. The molecule has 0 bridgehead atoms. The van der Waals surface area contributed by atoms with Crippen molar-refractivity contribution in [2.45, 2.75) is 4.90 Å². The summed E-state index contributed by atoms with van der Waals surface area (Å²) in [5.74, 6) is -0.244. The summed E-state index contributed by atoms with van der Waals surface area (Å²) in [4.78, 5) is 12.9. The van der Waals surface area contributed by atoms with Gasteiger partial charge < -0.3 is 5.32 Å². The molecule has 2 rings (SSSR count). The highest BCUT2D eigenvalue weighted by atomic mass is 79.9. The molecule has 0 aliphatic carbocycles. The Morgan fingerprint density at radius 1 is 1.16 bits per heavy atom. The van der Waals surface area contributed by atoms with Crippen molar-refractivity contribution < 1.29 is 4.79 Å². The molecule has 0 unspecified atom stereocenters. The second kappa shape index (κ2) is 6.31. The first-order chi connectivity index (χ1) is 8.97. The van der Waals surface area contributed by atoms with E-state index in [9.17, 15) is 4.79 Å². The summed E-state index contributed by atoms with van der Waals surface area (Å²) < 4.78 is 1.56. The number of anilines is 1. The summed E-state index contributed by atoms with van der Waals surface area (Å²) >= 11 is 16.9. The third-order valence-corrected chi connectivity index (χ3v) is 4.15. The predicted octanol–water partition coefficient (Wildman–Crippen LogP) is 5.41. The van der Waals surface area contributed by atoms with E-state index in [1.807, 2.05) is 6.07 Å². The van der Waals surface area contributed by atoms with Gasteiger partial charge in [0.25, 0.3) is 5.91 Å². The monoisotopic (exact) mass is 419 g/mol. The molecule has 1 amide bonds. The predicted molar refractivity (Wildman–Crippen MR) is 88.5 cm³/mol. The van der Waals surface area contributed by atoms with E-state index in [4.69, 9.17) is 11.6 Å². The minimum Gasteiger partial charge on any atom is -0.321 e. The molecular formula is C13H8Br2ClNOS. The minimum atomic E-state index is -0.244. The highest BCUT2D eigenvalue weighted by molar-refractivity contribution is 9.10. The summed E-state index contributed by atoms with van der Waals surface area (Å²) in [6, 6.07) is 10.5. The molecule has 19 heavy (non-hydrogen) atoms. The van der Waals surface area contributed by atoms with Gasteiger partial charge in [0, 0.05) is 13.8 Å². The first kappa shape index (κ1) is 14.9. The van der Waals surface area contributed by atoms with Crippen LogP contribution in [0, 0.1) is 0 Å². The lowest BCUT2D eigenvalue weighted by Gasteiger charge is -2.09. The van der Waals surface area contributed by atoms with Crippen LogP contribution in [0.25, 0.3) is 0 Å². The Balaban J connectivity index is 2.28. The highest BCUT2D eigenvalue weighted by Gasteiger charge is 2.12. The highest BCUT2D eigenvalue weighted by Crippen LogP contribution is 2.27. The van der Waals surface area contributed by atoms with Crippen molar-refractivity contribution in [1.29, 1.82) is 0 Å². The van der Waals surface area contributed by atoms with Gasteiger partial charge in [0.15, 0.2) is 0 Å². The normalized spacial score (nSPS) is 10.3. The minimum absolute atomic E-state index is 0.244. The van der Waals surface area contributed by atoms with Gasteiger partial charge in [-0.15, -0.1) is 12.6 Å². The number of carbonyl (C=O) groups excluding carboxylic acids is 1. The molecule has 6 heteroatoms. The SMILES string of the molecule is O=C(Nc1ccc(Br)cc1Cl)c1cc(S)ccc1Br. The van der Waals surface area contributed by atoms with Crippen LogP contribution in [0.15, 0.2) is 50.2 Å². The van der Waals surface area contributed by atoms with Crippen LogP contribution < -0.4 is 5.32 Å². The van der Waals surface area contributed by atoms with Crippen molar-refractivity contribution in [3.63, 3.8) is 0 Å². The van der Waals surface area contributed by atoms with Gasteiger partial charge in [0.2, 0.25) is 0 Å². The number of carbonyl (C=O) groups is 1. The molecule has 0 atom stereocenters. The Kier molecular flexibility index (Phi) is 4.95. The summed E-state index contributed by atoms with van der Waals surface area (Å²) in [5.41, 5.74) is 1.07. The number of hydrogen-bond donors (Lipinski definition) is 2. The molecule has 2 aromatic rings. The molecule has 0 aromatic heterocycles. The maximum Gasteiger partial charge on any atom is 0.256 e. The lowest BCUT2D eigenvalue weighted by molar-refractivity contribution is 0.102. The maximum atomic E-state index is 12.2. The van der Waals surface area contributed by atoms with Gasteiger partial charge in [-0.2, -0.15) is 0 Å². The zero-order chi connectivity index (χ0) is 14.0. The first-order valence-corrected chi connectivity index (χ1v) is 7.63. The quantitative estimate of drug-likeness (QED) is 0.624. The number of rotatable bonds is 2. The van der Waals surface area contributed by atoms with E-state index in [2.05, 4.69) is 49.8 Å². The van der Waals surface area contributed by atoms with Crippen molar-refractivity contribution in [2.75, 3.05) is 5.32 Å². The average Bonchev–Trinajstić information content (AvgIpc) is 2.35. The first-order valence-electron chi connectivity index (χ1n) is 5.22. The van der Waals surface area contributed by atoms with Crippen LogP contribution in [0.5, 0.6) is 0 Å². The Hall–Kier alpha value is -0.490. The lowest BCUT2D eigenvalue weighted by atomic mass is 10.2. The molecular weight excluding hydrogens is 413 g/mol. The third kappa shape index (κ3) is 3.75. The Bertz CT molecular complexity index is 649. The smallest absolute Gasteiger partial charge is 0.256 e. The van der Waals surface area contributed by atoms with Crippen molar-refractivity contribution in [3.05, 3.63) is 55.9 Å². The number of hydrogen-bond acceptors (Lipinski definition) is 2. The van der Waals surface area contributed by atoms with Gasteiger partial charge in [0.05, 0.1) is 16.3 Å². The fourth-order valence-electron chi connectivity index (χ4n) is 1.47. The second-order valence-corrected chi connectivity index (χ2v) is 6.44. The van der Waals surface area contributed by atoms with Crippen molar-refractivity contribution in [1.82, 2.24) is 0 Å². The van der Waals surface area contributed by atoms with E-state index < -0.39 is 0 Å². The van der Waals surface area contributed by atoms with E-state index in [0.29, 0.717) is 20.7 Å². The fourth-order valence-corrected chi connectivity index (χ4v) is 2.82.